The van der Waals surface area contributed by atoms with E-state index in [1.165, 1.54) is 22.9 Å². The molecule has 0 saturated carbocycles. The number of carbonyl (C=O) groups excluding carboxylic acids is 1. The Morgan fingerprint density at radius 2 is 1.85 bits per heavy atom. The van der Waals surface area contributed by atoms with Gasteiger partial charge in [0.15, 0.2) is 0 Å². The van der Waals surface area contributed by atoms with E-state index in [0.29, 0.717) is 15.8 Å². The molecule has 0 atom stereocenters. The third-order valence-electron chi connectivity index (χ3n) is 6.76. The van der Waals surface area contributed by atoms with Crippen LogP contribution in [0.1, 0.15) is 42.0 Å². The standard InChI is InChI=1S/C28H29N3OS2/c1-18-7-9-21(10-8-18)17-31-27(32)24(34-28(31)33)16-23-15-22-6-4-5-20(3)25(22)29-26(23)30-13-11-19(2)12-14-30/h4-10,15-16,19H,11-14,17H2,1-3H3/b24-16-. The van der Waals surface area contributed by atoms with E-state index >= 15 is 0 Å². The molecular formula is C28H29N3OS2. The van der Waals surface area contributed by atoms with Gasteiger partial charge in [-0.1, -0.05) is 78.9 Å². The Kier molecular flexibility index (Phi) is 6.45. The number of piperidine rings is 1. The molecular weight excluding hydrogens is 458 g/mol. The first kappa shape index (κ1) is 23.1. The highest BCUT2D eigenvalue weighted by molar-refractivity contribution is 8.26. The SMILES string of the molecule is Cc1ccc(CN2C(=O)/C(=C/c3cc4cccc(C)c4nc3N3CCC(C)CC3)SC2=S)cc1. The van der Waals surface area contributed by atoms with Crippen LogP contribution >= 0.6 is 24.0 Å². The Morgan fingerprint density at radius 3 is 2.59 bits per heavy atom. The lowest BCUT2D eigenvalue weighted by atomic mass is 9.98. The second-order valence-corrected chi connectivity index (χ2v) is 11.1. The van der Waals surface area contributed by atoms with Crippen LogP contribution in [0.25, 0.3) is 17.0 Å². The number of hydrogen-bond acceptors (Lipinski definition) is 5. The minimum Gasteiger partial charge on any atom is -0.356 e. The van der Waals surface area contributed by atoms with Crippen molar-refractivity contribution in [3.8, 4) is 0 Å². The quantitative estimate of drug-likeness (QED) is 0.311. The Bertz CT molecular complexity index is 1290. The number of hydrogen-bond donors (Lipinski definition) is 0. The van der Waals surface area contributed by atoms with Crippen LogP contribution in [0.5, 0.6) is 0 Å². The normalized spacial score (nSPS) is 18.5. The molecule has 2 fully saturated rings. The number of thioether (sulfide) groups is 1. The summed E-state index contributed by atoms with van der Waals surface area (Å²) in [6.45, 7) is 8.95. The van der Waals surface area contributed by atoms with Crippen molar-refractivity contribution < 1.29 is 4.79 Å². The maximum atomic E-state index is 13.4. The number of aromatic nitrogens is 1. The maximum Gasteiger partial charge on any atom is 0.266 e. The minimum absolute atomic E-state index is 0.0295. The van der Waals surface area contributed by atoms with Gasteiger partial charge in [-0.25, -0.2) is 4.98 Å². The molecule has 5 rings (SSSR count). The third kappa shape index (κ3) is 4.62. The fourth-order valence-electron chi connectivity index (χ4n) is 4.59. The van der Waals surface area contributed by atoms with E-state index in [2.05, 4.69) is 74.2 Å². The summed E-state index contributed by atoms with van der Waals surface area (Å²) in [6, 6.07) is 16.7. The highest BCUT2D eigenvalue weighted by atomic mass is 32.2. The van der Waals surface area contributed by atoms with Gasteiger partial charge in [-0.2, -0.15) is 0 Å². The van der Waals surface area contributed by atoms with Gasteiger partial charge in [0.2, 0.25) is 0 Å². The lowest BCUT2D eigenvalue weighted by Crippen LogP contribution is -2.34. The number of benzene rings is 2. The second-order valence-electron chi connectivity index (χ2n) is 9.47. The smallest absolute Gasteiger partial charge is 0.266 e. The van der Waals surface area contributed by atoms with Crippen molar-refractivity contribution in [2.75, 3.05) is 18.0 Å². The minimum atomic E-state index is -0.0295. The predicted octanol–water partition coefficient (Wildman–Crippen LogP) is 6.49. The monoisotopic (exact) mass is 487 g/mol. The molecule has 1 amide bonds. The second kappa shape index (κ2) is 9.51. The number of fused-ring (bicyclic) bond motifs is 1. The van der Waals surface area contributed by atoms with Crippen LogP contribution in [-0.4, -0.2) is 33.2 Å². The molecule has 3 heterocycles. The van der Waals surface area contributed by atoms with Gasteiger partial charge in [0, 0.05) is 24.0 Å². The molecule has 34 heavy (non-hydrogen) atoms. The number of rotatable bonds is 4. The van der Waals surface area contributed by atoms with E-state index in [4.69, 9.17) is 17.2 Å². The zero-order valence-electron chi connectivity index (χ0n) is 19.9. The summed E-state index contributed by atoms with van der Waals surface area (Å²) in [5.41, 5.74) is 5.46. The first-order valence-electron chi connectivity index (χ1n) is 11.9. The summed E-state index contributed by atoms with van der Waals surface area (Å²) >= 11 is 6.99. The van der Waals surface area contributed by atoms with Gasteiger partial charge >= 0.3 is 0 Å². The Labute approximate surface area is 211 Å². The van der Waals surface area contributed by atoms with Gasteiger partial charge in [-0.05, 0) is 55.9 Å². The molecule has 0 bridgehead atoms. The molecule has 174 valence electrons. The molecule has 4 nitrogen and oxygen atoms in total. The lowest BCUT2D eigenvalue weighted by Gasteiger charge is -2.32. The molecule has 3 aromatic rings. The average Bonchev–Trinajstić information content (AvgIpc) is 3.08. The van der Waals surface area contributed by atoms with Crippen molar-refractivity contribution in [2.24, 2.45) is 5.92 Å². The summed E-state index contributed by atoms with van der Waals surface area (Å²) in [5, 5.41) is 1.09. The molecule has 2 aliphatic heterocycles. The number of para-hydroxylation sites is 1. The van der Waals surface area contributed by atoms with E-state index in [9.17, 15) is 4.79 Å². The van der Waals surface area contributed by atoms with Crippen molar-refractivity contribution in [3.63, 3.8) is 0 Å². The van der Waals surface area contributed by atoms with E-state index in [1.54, 1.807) is 4.90 Å². The summed E-state index contributed by atoms with van der Waals surface area (Å²) < 4.78 is 0.606. The number of thiocarbonyl (C=S) groups is 1. The van der Waals surface area contributed by atoms with Gasteiger partial charge in [-0.3, -0.25) is 9.69 Å². The van der Waals surface area contributed by atoms with Crippen LogP contribution in [0.4, 0.5) is 5.82 Å². The zero-order chi connectivity index (χ0) is 23.8. The van der Waals surface area contributed by atoms with Gasteiger partial charge in [0.05, 0.1) is 17.0 Å². The van der Waals surface area contributed by atoms with Crippen LogP contribution in [0.15, 0.2) is 53.4 Å². The predicted molar refractivity (Wildman–Crippen MR) is 147 cm³/mol. The van der Waals surface area contributed by atoms with Crippen LogP contribution in [0, 0.1) is 19.8 Å². The summed E-state index contributed by atoms with van der Waals surface area (Å²) in [4.78, 5) is 23.2. The summed E-state index contributed by atoms with van der Waals surface area (Å²) in [6.07, 6.45) is 4.31. The molecule has 2 saturated heterocycles. The van der Waals surface area contributed by atoms with E-state index in [1.807, 2.05) is 6.08 Å². The molecule has 0 aliphatic carbocycles. The number of amides is 1. The van der Waals surface area contributed by atoms with Crippen LogP contribution in [0.3, 0.4) is 0 Å². The van der Waals surface area contributed by atoms with Crippen molar-refractivity contribution in [1.29, 1.82) is 0 Å². The van der Waals surface area contributed by atoms with Crippen molar-refractivity contribution in [1.82, 2.24) is 9.88 Å². The highest BCUT2D eigenvalue weighted by Crippen LogP contribution is 2.37. The number of aryl methyl sites for hydroxylation is 2. The Hall–Kier alpha value is -2.70. The van der Waals surface area contributed by atoms with Gasteiger partial charge in [-0.15, -0.1) is 0 Å². The van der Waals surface area contributed by atoms with Crippen LogP contribution in [-0.2, 0) is 11.3 Å². The van der Waals surface area contributed by atoms with E-state index in [-0.39, 0.29) is 5.91 Å². The van der Waals surface area contributed by atoms with Crippen LogP contribution < -0.4 is 4.90 Å². The number of anilines is 1. The molecule has 2 aromatic carbocycles. The lowest BCUT2D eigenvalue weighted by molar-refractivity contribution is -0.122. The molecule has 0 spiro atoms. The van der Waals surface area contributed by atoms with Gasteiger partial charge in [0.1, 0.15) is 10.1 Å². The molecule has 0 N–H and O–H groups in total. The fourth-order valence-corrected chi connectivity index (χ4v) is 5.83. The first-order valence-corrected chi connectivity index (χ1v) is 13.1. The molecule has 2 aliphatic rings. The molecule has 0 radical (unpaired) electrons. The maximum absolute atomic E-state index is 13.4. The topological polar surface area (TPSA) is 36.4 Å². The van der Waals surface area contributed by atoms with E-state index in [0.717, 1.165) is 59.7 Å². The summed E-state index contributed by atoms with van der Waals surface area (Å²) in [5.74, 6) is 1.68. The molecule has 6 heteroatoms. The average molecular weight is 488 g/mol. The van der Waals surface area contributed by atoms with Crippen molar-refractivity contribution >= 4 is 57.0 Å². The molecule has 0 unspecified atom stereocenters. The van der Waals surface area contributed by atoms with Crippen LogP contribution in [0.2, 0.25) is 0 Å². The largest absolute Gasteiger partial charge is 0.356 e. The number of carbonyl (C=O) groups is 1. The highest BCUT2D eigenvalue weighted by Gasteiger charge is 2.32. The fraction of sp³-hybridized carbons (Fsp3) is 0.321. The van der Waals surface area contributed by atoms with E-state index < -0.39 is 0 Å². The first-order chi connectivity index (χ1) is 16.4. The zero-order valence-corrected chi connectivity index (χ0v) is 21.5. The van der Waals surface area contributed by atoms with Crippen molar-refractivity contribution in [2.45, 2.75) is 40.2 Å². The number of pyridine rings is 1. The van der Waals surface area contributed by atoms with Crippen molar-refractivity contribution in [3.05, 3.63) is 75.7 Å². The summed E-state index contributed by atoms with van der Waals surface area (Å²) in [7, 11) is 0. The van der Waals surface area contributed by atoms with Gasteiger partial charge in [0.25, 0.3) is 5.91 Å². The van der Waals surface area contributed by atoms with Gasteiger partial charge < -0.3 is 4.90 Å². The Balaban J connectivity index is 1.51. The number of nitrogens with zero attached hydrogens (tertiary/aromatic N) is 3. The third-order valence-corrected chi connectivity index (χ3v) is 8.14. The molecule has 1 aromatic heterocycles. The Morgan fingerprint density at radius 1 is 1.12 bits per heavy atom.